The number of rotatable bonds is 9. The first-order valence-corrected chi connectivity index (χ1v) is 9.55. The van der Waals surface area contributed by atoms with E-state index in [9.17, 15) is 13.2 Å². The standard InChI is InChI=1S/C16H28N2O3S/c1-4-14-8-10-15(11-9-14)18-16(19)7-5-6-12-17-22(20,21)13(2)3/h8-10,13,15,17H,4-7,11-12H2,1-3H3,(H,18,19). The number of carbonyl (C=O) groups is 1. The average Bonchev–Trinajstić information content (AvgIpc) is 2.47. The molecule has 0 saturated carbocycles. The van der Waals surface area contributed by atoms with Gasteiger partial charge in [-0.3, -0.25) is 4.79 Å². The van der Waals surface area contributed by atoms with Gasteiger partial charge in [0.15, 0.2) is 0 Å². The number of sulfonamides is 1. The van der Waals surface area contributed by atoms with E-state index in [2.05, 4.69) is 29.1 Å². The van der Waals surface area contributed by atoms with Crippen molar-refractivity contribution in [1.29, 1.82) is 0 Å². The molecule has 0 aliphatic heterocycles. The topological polar surface area (TPSA) is 75.3 Å². The molecular formula is C16H28N2O3S. The maximum atomic E-state index is 11.8. The van der Waals surface area contributed by atoms with Crippen LogP contribution in [0.2, 0.25) is 0 Å². The van der Waals surface area contributed by atoms with Crippen molar-refractivity contribution in [1.82, 2.24) is 10.0 Å². The Bertz CT molecular complexity index is 522. The van der Waals surface area contributed by atoms with Crippen molar-refractivity contribution < 1.29 is 13.2 Å². The molecule has 126 valence electrons. The van der Waals surface area contributed by atoms with Gasteiger partial charge in [-0.15, -0.1) is 0 Å². The highest BCUT2D eigenvalue weighted by molar-refractivity contribution is 7.90. The second-order valence-corrected chi connectivity index (χ2v) is 8.17. The summed E-state index contributed by atoms with van der Waals surface area (Å²) in [6, 6.07) is 0.0854. The van der Waals surface area contributed by atoms with Crippen molar-refractivity contribution >= 4 is 15.9 Å². The van der Waals surface area contributed by atoms with E-state index < -0.39 is 15.3 Å². The van der Waals surface area contributed by atoms with Crippen molar-refractivity contribution in [2.45, 2.75) is 64.2 Å². The Morgan fingerprint density at radius 1 is 1.36 bits per heavy atom. The minimum Gasteiger partial charge on any atom is -0.350 e. The summed E-state index contributed by atoms with van der Waals surface area (Å²) in [6.07, 6.45) is 9.90. The fraction of sp³-hybridized carbons (Fsp3) is 0.688. The van der Waals surface area contributed by atoms with Crippen LogP contribution in [0.25, 0.3) is 0 Å². The van der Waals surface area contributed by atoms with Crippen molar-refractivity contribution in [3.63, 3.8) is 0 Å². The maximum Gasteiger partial charge on any atom is 0.220 e. The lowest BCUT2D eigenvalue weighted by molar-refractivity contribution is -0.121. The third kappa shape index (κ3) is 6.75. The first kappa shape index (κ1) is 18.9. The van der Waals surface area contributed by atoms with Crippen LogP contribution in [-0.2, 0) is 14.8 Å². The van der Waals surface area contributed by atoms with E-state index in [0.29, 0.717) is 25.8 Å². The second-order valence-electron chi connectivity index (χ2n) is 5.85. The molecule has 1 atom stereocenters. The van der Waals surface area contributed by atoms with Gasteiger partial charge >= 0.3 is 0 Å². The van der Waals surface area contributed by atoms with Crippen LogP contribution in [0.4, 0.5) is 0 Å². The molecule has 0 fully saturated rings. The molecule has 5 nitrogen and oxygen atoms in total. The Hall–Kier alpha value is -1.14. The Balaban J connectivity index is 2.15. The molecule has 2 N–H and O–H groups in total. The van der Waals surface area contributed by atoms with Gasteiger partial charge in [0.25, 0.3) is 0 Å². The second kappa shape index (κ2) is 9.10. The van der Waals surface area contributed by atoms with Gasteiger partial charge in [0, 0.05) is 13.0 Å². The first-order chi connectivity index (χ1) is 10.3. The summed E-state index contributed by atoms with van der Waals surface area (Å²) in [6.45, 7) is 5.79. The Morgan fingerprint density at radius 2 is 2.09 bits per heavy atom. The number of amides is 1. The zero-order valence-electron chi connectivity index (χ0n) is 13.8. The number of allylic oxidation sites excluding steroid dienone is 2. The zero-order chi connectivity index (χ0) is 16.6. The third-order valence-electron chi connectivity index (χ3n) is 3.69. The van der Waals surface area contributed by atoms with Crippen molar-refractivity contribution in [3.05, 3.63) is 23.8 Å². The van der Waals surface area contributed by atoms with E-state index in [1.54, 1.807) is 13.8 Å². The quantitative estimate of drug-likeness (QED) is 0.638. The van der Waals surface area contributed by atoms with E-state index in [0.717, 1.165) is 12.8 Å². The SMILES string of the molecule is CCC1=CCC(NC(=O)CCCCNS(=O)(=O)C(C)C)C=C1. The number of unbranched alkanes of at least 4 members (excludes halogenated alkanes) is 1. The normalized spacial score (nSPS) is 18.4. The van der Waals surface area contributed by atoms with Crippen molar-refractivity contribution in [2.75, 3.05) is 6.54 Å². The van der Waals surface area contributed by atoms with Crippen LogP contribution in [0, 0.1) is 0 Å². The molecule has 1 amide bonds. The van der Waals surface area contributed by atoms with E-state index in [-0.39, 0.29) is 11.9 Å². The molecule has 0 spiro atoms. The van der Waals surface area contributed by atoms with Gasteiger partial charge in [-0.1, -0.05) is 30.7 Å². The largest absolute Gasteiger partial charge is 0.350 e. The van der Waals surface area contributed by atoms with Gasteiger partial charge in [-0.05, 0) is 39.5 Å². The summed E-state index contributed by atoms with van der Waals surface area (Å²) in [5, 5.41) is 2.56. The predicted molar refractivity (Wildman–Crippen MR) is 90.0 cm³/mol. The molecule has 1 aliphatic carbocycles. The summed E-state index contributed by atoms with van der Waals surface area (Å²) >= 11 is 0. The smallest absolute Gasteiger partial charge is 0.220 e. The summed E-state index contributed by atoms with van der Waals surface area (Å²) in [5.41, 5.74) is 1.31. The van der Waals surface area contributed by atoms with Crippen LogP contribution in [0.5, 0.6) is 0 Å². The summed E-state index contributed by atoms with van der Waals surface area (Å²) < 4.78 is 25.6. The number of nitrogens with one attached hydrogen (secondary N) is 2. The highest BCUT2D eigenvalue weighted by atomic mass is 32.2. The van der Waals surface area contributed by atoms with Crippen molar-refractivity contribution in [2.24, 2.45) is 0 Å². The molecule has 6 heteroatoms. The molecule has 0 aromatic rings. The summed E-state index contributed by atoms with van der Waals surface area (Å²) in [5.74, 6) is 0.0229. The molecular weight excluding hydrogens is 300 g/mol. The van der Waals surface area contributed by atoms with Crippen LogP contribution in [-0.4, -0.2) is 32.2 Å². The summed E-state index contributed by atoms with van der Waals surface area (Å²) in [4.78, 5) is 11.8. The fourth-order valence-corrected chi connectivity index (χ4v) is 2.87. The molecule has 1 unspecified atom stereocenters. The lowest BCUT2D eigenvalue weighted by atomic mass is 10.0. The van der Waals surface area contributed by atoms with Crippen LogP contribution in [0.1, 0.15) is 52.9 Å². The molecule has 22 heavy (non-hydrogen) atoms. The number of hydrogen-bond acceptors (Lipinski definition) is 3. The maximum absolute atomic E-state index is 11.8. The highest BCUT2D eigenvalue weighted by Crippen LogP contribution is 2.13. The number of hydrogen-bond donors (Lipinski definition) is 2. The molecule has 1 aliphatic rings. The lowest BCUT2D eigenvalue weighted by Gasteiger charge is -2.17. The predicted octanol–water partition coefficient (Wildman–Crippen LogP) is 2.27. The first-order valence-electron chi connectivity index (χ1n) is 8.00. The molecule has 0 aromatic carbocycles. The minimum atomic E-state index is -3.20. The van der Waals surface area contributed by atoms with Crippen molar-refractivity contribution in [3.8, 4) is 0 Å². The number of carbonyl (C=O) groups excluding carboxylic acids is 1. The van der Waals surface area contributed by atoms with Gasteiger partial charge in [0.05, 0.1) is 11.3 Å². The van der Waals surface area contributed by atoms with Gasteiger partial charge in [-0.2, -0.15) is 0 Å². The van der Waals surface area contributed by atoms with E-state index in [1.165, 1.54) is 5.57 Å². The third-order valence-corrected chi connectivity index (χ3v) is 5.53. The van der Waals surface area contributed by atoms with Crippen LogP contribution in [0.3, 0.4) is 0 Å². The zero-order valence-corrected chi connectivity index (χ0v) is 14.6. The molecule has 0 heterocycles. The molecule has 0 saturated heterocycles. The molecule has 0 aromatic heterocycles. The average molecular weight is 328 g/mol. The summed E-state index contributed by atoms with van der Waals surface area (Å²) in [7, 11) is -3.20. The van der Waals surface area contributed by atoms with E-state index in [1.807, 2.05) is 6.08 Å². The lowest BCUT2D eigenvalue weighted by Crippen LogP contribution is -2.34. The Kier molecular flexibility index (Phi) is 7.82. The van der Waals surface area contributed by atoms with Crippen LogP contribution in [0.15, 0.2) is 23.8 Å². The van der Waals surface area contributed by atoms with Gasteiger partial charge in [-0.25, -0.2) is 13.1 Å². The minimum absolute atomic E-state index is 0.0229. The molecule has 0 radical (unpaired) electrons. The Morgan fingerprint density at radius 3 is 2.64 bits per heavy atom. The Labute approximate surface area is 134 Å². The molecule has 1 rings (SSSR count). The van der Waals surface area contributed by atoms with E-state index in [4.69, 9.17) is 0 Å². The molecule has 0 bridgehead atoms. The van der Waals surface area contributed by atoms with Crippen LogP contribution >= 0.6 is 0 Å². The van der Waals surface area contributed by atoms with E-state index >= 15 is 0 Å². The monoisotopic (exact) mass is 328 g/mol. The highest BCUT2D eigenvalue weighted by Gasteiger charge is 2.14. The van der Waals surface area contributed by atoms with Crippen LogP contribution < -0.4 is 10.0 Å². The van der Waals surface area contributed by atoms with Gasteiger partial charge in [0.2, 0.25) is 15.9 Å². The fourth-order valence-electron chi connectivity index (χ4n) is 2.10. The van der Waals surface area contributed by atoms with Gasteiger partial charge < -0.3 is 5.32 Å². The van der Waals surface area contributed by atoms with Gasteiger partial charge in [0.1, 0.15) is 0 Å².